The third kappa shape index (κ3) is 3.14. The Bertz CT molecular complexity index is 754. The maximum atomic E-state index is 13.8. The van der Waals surface area contributed by atoms with E-state index >= 15 is 0 Å². The molecule has 0 aliphatic rings. The van der Waals surface area contributed by atoms with E-state index in [1.807, 2.05) is 13.8 Å². The molecule has 1 aromatic heterocycles. The van der Waals surface area contributed by atoms with E-state index in [9.17, 15) is 12.8 Å². The lowest BCUT2D eigenvalue weighted by Crippen LogP contribution is -2.16. The Balaban J connectivity index is 2.55. The lowest BCUT2D eigenvalue weighted by atomic mass is 10.2. The molecule has 2 N–H and O–H groups in total. The predicted octanol–water partition coefficient (Wildman–Crippen LogP) is 1.84. The molecule has 2 aromatic rings. The quantitative estimate of drug-likeness (QED) is 0.915. The molecule has 7 heteroatoms. The summed E-state index contributed by atoms with van der Waals surface area (Å²) >= 11 is 0. The minimum Gasteiger partial charge on any atom is -0.263 e. The highest BCUT2D eigenvalue weighted by atomic mass is 32.2. The Hall–Kier alpha value is -1.73. The number of rotatable bonds is 5. The summed E-state index contributed by atoms with van der Waals surface area (Å²) in [4.78, 5) is 0.0730. The van der Waals surface area contributed by atoms with Gasteiger partial charge in [0, 0.05) is 5.56 Å². The summed E-state index contributed by atoms with van der Waals surface area (Å²) in [5.74, 6) is -0.342. The van der Waals surface area contributed by atoms with E-state index in [0.29, 0.717) is 29.8 Å². The van der Waals surface area contributed by atoms with Crippen molar-refractivity contribution in [3.05, 3.63) is 47.0 Å². The molecule has 0 atom stereocenters. The van der Waals surface area contributed by atoms with Gasteiger partial charge in [-0.2, -0.15) is 5.10 Å². The molecule has 0 spiro atoms. The number of benzene rings is 1. The van der Waals surface area contributed by atoms with Crippen molar-refractivity contribution in [2.24, 2.45) is 5.14 Å². The molecule has 0 saturated carbocycles. The molecule has 0 amide bonds. The first-order valence-electron chi connectivity index (χ1n) is 6.73. The average molecular weight is 311 g/mol. The lowest BCUT2D eigenvalue weighted by Gasteiger charge is -2.08. The zero-order valence-electron chi connectivity index (χ0n) is 12.0. The van der Waals surface area contributed by atoms with Crippen LogP contribution in [0.25, 0.3) is 0 Å². The molecule has 5 nitrogen and oxygen atoms in total. The van der Waals surface area contributed by atoms with Crippen LogP contribution in [0.3, 0.4) is 0 Å². The molecule has 21 heavy (non-hydrogen) atoms. The van der Waals surface area contributed by atoms with Crippen molar-refractivity contribution < 1.29 is 12.8 Å². The fourth-order valence-corrected chi connectivity index (χ4v) is 3.45. The number of nitrogens with zero attached hydrogens (tertiary/aromatic N) is 2. The highest BCUT2D eigenvalue weighted by Gasteiger charge is 2.24. The largest absolute Gasteiger partial charge is 0.263 e. The summed E-state index contributed by atoms with van der Waals surface area (Å²) < 4.78 is 38.8. The zero-order chi connectivity index (χ0) is 15.6. The molecule has 0 aliphatic heterocycles. The van der Waals surface area contributed by atoms with Crippen LogP contribution in [-0.2, 0) is 29.4 Å². The number of primary sulfonamides is 1. The second-order valence-electron chi connectivity index (χ2n) is 4.72. The van der Waals surface area contributed by atoms with E-state index in [2.05, 4.69) is 5.10 Å². The van der Waals surface area contributed by atoms with E-state index in [1.54, 1.807) is 18.2 Å². The fraction of sp³-hybridized carbons (Fsp3) is 0.357. The minimum absolute atomic E-state index is 0.0730. The van der Waals surface area contributed by atoms with Crippen molar-refractivity contribution in [3.8, 4) is 0 Å². The van der Waals surface area contributed by atoms with Crippen molar-refractivity contribution in [1.82, 2.24) is 9.78 Å². The number of sulfonamides is 1. The molecule has 0 unspecified atom stereocenters. The molecular weight excluding hydrogens is 293 g/mol. The van der Waals surface area contributed by atoms with Gasteiger partial charge in [0.15, 0.2) is 0 Å². The van der Waals surface area contributed by atoms with E-state index in [4.69, 9.17) is 5.14 Å². The number of aromatic nitrogens is 2. The summed E-state index contributed by atoms with van der Waals surface area (Å²) in [5.41, 5.74) is 1.39. The van der Waals surface area contributed by atoms with Crippen LogP contribution in [-0.4, -0.2) is 18.2 Å². The van der Waals surface area contributed by atoms with Crippen LogP contribution in [0.2, 0.25) is 0 Å². The Labute approximate surface area is 123 Å². The maximum Gasteiger partial charge on any atom is 0.241 e. The van der Waals surface area contributed by atoms with Crippen LogP contribution < -0.4 is 5.14 Å². The highest BCUT2D eigenvalue weighted by Crippen LogP contribution is 2.22. The number of halogens is 1. The molecule has 0 radical (unpaired) electrons. The Morgan fingerprint density at radius 1 is 1.24 bits per heavy atom. The van der Waals surface area contributed by atoms with Crippen molar-refractivity contribution in [2.75, 3.05) is 0 Å². The molecule has 0 saturated heterocycles. The van der Waals surface area contributed by atoms with E-state index in [1.165, 1.54) is 10.7 Å². The normalized spacial score (nSPS) is 11.8. The van der Waals surface area contributed by atoms with Gasteiger partial charge in [-0.05, 0) is 18.9 Å². The molecule has 114 valence electrons. The zero-order valence-corrected chi connectivity index (χ0v) is 12.8. The summed E-state index contributed by atoms with van der Waals surface area (Å²) in [6, 6.07) is 6.36. The lowest BCUT2D eigenvalue weighted by molar-refractivity contribution is 0.572. The molecule has 0 aliphatic carbocycles. The van der Waals surface area contributed by atoms with Crippen LogP contribution in [0.4, 0.5) is 4.39 Å². The monoisotopic (exact) mass is 311 g/mol. The molecule has 0 bridgehead atoms. The molecule has 1 heterocycles. The molecule has 0 fully saturated rings. The summed E-state index contributed by atoms with van der Waals surface area (Å²) in [5, 5.41) is 9.58. The van der Waals surface area contributed by atoms with Crippen LogP contribution in [0, 0.1) is 5.82 Å². The van der Waals surface area contributed by atoms with Gasteiger partial charge in [-0.15, -0.1) is 0 Å². The predicted molar refractivity (Wildman–Crippen MR) is 77.9 cm³/mol. The van der Waals surface area contributed by atoms with Gasteiger partial charge in [-0.25, -0.2) is 17.9 Å². The van der Waals surface area contributed by atoms with Crippen LogP contribution in [0.5, 0.6) is 0 Å². The first-order valence-corrected chi connectivity index (χ1v) is 8.27. The van der Waals surface area contributed by atoms with Gasteiger partial charge in [-0.3, -0.25) is 4.68 Å². The second kappa shape index (κ2) is 5.95. The maximum absolute atomic E-state index is 13.8. The summed E-state index contributed by atoms with van der Waals surface area (Å²) in [6.07, 6.45) is 0.899. The van der Waals surface area contributed by atoms with Gasteiger partial charge in [0.05, 0.1) is 17.9 Å². The molecule has 2 rings (SSSR count). The van der Waals surface area contributed by atoms with Crippen LogP contribution in [0.1, 0.15) is 30.8 Å². The summed E-state index contributed by atoms with van der Waals surface area (Å²) in [7, 11) is -3.85. The van der Waals surface area contributed by atoms with Gasteiger partial charge in [-0.1, -0.05) is 32.0 Å². The first kappa shape index (κ1) is 15.7. The van der Waals surface area contributed by atoms with E-state index in [-0.39, 0.29) is 17.3 Å². The van der Waals surface area contributed by atoms with Gasteiger partial charge in [0.2, 0.25) is 10.0 Å². The van der Waals surface area contributed by atoms with Crippen LogP contribution in [0.15, 0.2) is 29.2 Å². The number of aryl methyl sites for hydroxylation is 1. The Kier molecular flexibility index (Phi) is 4.43. The smallest absolute Gasteiger partial charge is 0.241 e. The second-order valence-corrected chi connectivity index (χ2v) is 6.22. The van der Waals surface area contributed by atoms with Gasteiger partial charge < -0.3 is 0 Å². The number of hydrogen-bond acceptors (Lipinski definition) is 3. The summed E-state index contributed by atoms with van der Waals surface area (Å²) in [6.45, 7) is 3.81. The third-order valence-corrected chi connectivity index (χ3v) is 4.35. The molecular formula is C14H18FN3O2S. The third-order valence-electron chi connectivity index (χ3n) is 3.31. The number of nitrogens with two attached hydrogens (primary N) is 1. The Morgan fingerprint density at radius 3 is 2.43 bits per heavy atom. The van der Waals surface area contributed by atoms with Crippen molar-refractivity contribution >= 4 is 10.0 Å². The fourth-order valence-electron chi connectivity index (χ4n) is 2.36. The number of hydrogen-bond donors (Lipinski definition) is 1. The van der Waals surface area contributed by atoms with Gasteiger partial charge in [0.1, 0.15) is 10.7 Å². The van der Waals surface area contributed by atoms with Crippen molar-refractivity contribution in [2.45, 2.75) is 38.1 Å². The topological polar surface area (TPSA) is 78.0 Å². The molecule has 1 aromatic carbocycles. The highest BCUT2D eigenvalue weighted by molar-refractivity contribution is 7.89. The minimum atomic E-state index is -3.85. The first-order chi connectivity index (χ1) is 9.88. The van der Waals surface area contributed by atoms with Gasteiger partial charge >= 0.3 is 0 Å². The SMILES string of the molecule is CCc1nn(Cc2ccccc2F)c(CC)c1S(N)(=O)=O. The van der Waals surface area contributed by atoms with E-state index in [0.717, 1.165) is 0 Å². The Morgan fingerprint density at radius 2 is 1.90 bits per heavy atom. The average Bonchev–Trinajstić information content (AvgIpc) is 2.79. The van der Waals surface area contributed by atoms with Crippen molar-refractivity contribution in [3.63, 3.8) is 0 Å². The van der Waals surface area contributed by atoms with Gasteiger partial charge in [0.25, 0.3) is 0 Å². The van der Waals surface area contributed by atoms with E-state index < -0.39 is 10.0 Å². The standard InChI is InChI=1S/C14H18FN3O2S/c1-3-12-14(21(16,19)20)13(4-2)18(17-12)9-10-7-5-6-8-11(10)15/h5-8H,3-4,9H2,1-2H3,(H2,16,19,20). The van der Waals surface area contributed by atoms with Crippen LogP contribution >= 0.6 is 0 Å². The van der Waals surface area contributed by atoms with Crippen molar-refractivity contribution in [1.29, 1.82) is 0 Å².